The molecule has 0 aliphatic carbocycles. The van der Waals surface area contributed by atoms with Gasteiger partial charge < -0.3 is 4.57 Å². The van der Waals surface area contributed by atoms with Gasteiger partial charge in [-0.25, -0.2) is 0 Å². The summed E-state index contributed by atoms with van der Waals surface area (Å²) < 4.78 is 15.0. The van der Waals surface area contributed by atoms with Crippen molar-refractivity contribution < 1.29 is 4.57 Å². The van der Waals surface area contributed by atoms with Crippen molar-refractivity contribution in [2.24, 2.45) is 10.8 Å². The number of hydrogen-bond donors (Lipinski definition) is 0. The molecular formula is C50H47OP. The van der Waals surface area contributed by atoms with E-state index < -0.39 is 7.14 Å². The van der Waals surface area contributed by atoms with Gasteiger partial charge in [-0.1, -0.05) is 169 Å². The minimum Gasteiger partial charge on any atom is -0.319 e. The summed E-state index contributed by atoms with van der Waals surface area (Å²) in [6.45, 7) is 13.3. The summed E-state index contributed by atoms with van der Waals surface area (Å²) in [7, 11) is -2.69. The minimum atomic E-state index is -2.69. The molecule has 0 fully saturated rings. The van der Waals surface area contributed by atoms with E-state index in [1.165, 1.54) is 65.3 Å². The number of hydrogen-bond acceptors (Lipinski definition) is 1. The van der Waals surface area contributed by atoms with Crippen LogP contribution in [-0.4, -0.2) is 12.3 Å². The van der Waals surface area contributed by atoms with Crippen LogP contribution < -0.4 is 5.30 Å². The van der Waals surface area contributed by atoms with E-state index in [9.17, 15) is 0 Å². The first-order chi connectivity index (χ1) is 24.9. The van der Waals surface area contributed by atoms with E-state index in [4.69, 9.17) is 0 Å². The van der Waals surface area contributed by atoms with Crippen molar-refractivity contribution in [1.82, 2.24) is 0 Å². The third-order valence-electron chi connectivity index (χ3n) is 10.2. The highest BCUT2D eigenvalue weighted by atomic mass is 31.2. The lowest BCUT2D eigenvalue weighted by Crippen LogP contribution is -2.25. The highest BCUT2D eigenvalue weighted by Crippen LogP contribution is 2.53. The maximum absolute atomic E-state index is 15.0. The van der Waals surface area contributed by atoms with E-state index >= 15 is 4.57 Å². The molecule has 0 N–H and O–H groups in total. The fourth-order valence-corrected chi connectivity index (χ4v) is 12.7. The van der Waals surface area contributed by atoms with Crippen LogP contribution >= 0.6 is 7.14 Å². The molecule has 0 radical (unpaired) electrons. The standard InChI is InChI=1S/C50H47OP/c1-49(2,3)32-52(51,33-50(4,5)6)42-19-13-18-38(30-42)39-26-27-45-46(31-39)48(41-25-23-35-15-8-10-17-37(35)29-41)44-21-12-11-20-43(44)47(45)40-24-22-34-14-7-9-16-36(34)28-40/h7-31H,32-33H2,1-6H3. The molecule has 8 aromatic rings. The predicted molar refractivity (Wildman–Crippen MR) is 229 cm³/mol. The number of benzene rings is 8. The second-order valence-electron chi connectivity index (χ2n) is 17.1. The van der Waals surface area contributed by atoms with E-state index in [0.29, 0.717) is 12.3 Å². The van der Waals surface area contributed by atoms with Crippen molar-refractivity contribution in [1.29, 1.82) is 0 Å². The van der Waals surface area contributed by atoms with Crippen LogP contribution in [0.15, 0.2) is 152 Å². The molecule has 8 rings (SSSR count). The molecule has 0 saturated carbocycles. The van der Waals surface area contributed by atoms with E-state index in [2.05, 4.69) is 193 Å². The van der Waals surface area contributed by atoms with Crippen molar-refractivity contribution in [3.05, 3.63) is 152 Å². The summed E-state index contributed by atoms with van der Waals surface area (Å²) >= 11 is 0. The van der Waals surface area contributed by atoms with Gasteiger partial charge in [0.05, 0.1) is 0 Å². The van der Waals surface area contributed by atoms with Crippen LogP contribution in [0.5, 0.6) is 0 Å². The molecule has 0 aliphatic heterocycles. The van der Waals surface area contributed by atoms with Crippen molar-refractivity contribution in [3.8, 4) is 33.4 Å². The average molecular weight is 695 g/mol. The van der Waals surface area contributed by atoms with Gasteiger partial charge in [-0.3, -0.25) is 0 Å². The van der Waals surface area contributed by atoms with Gasteiger partial charge in [-0.15, -0.1) is 0 Å². The van der Waals surface area contributed by atoms with E-state index in [0.717, 1.165) is 16.4 Å². The van der Waals surface area contributed by atoms with Crippen LogP contribution in [0.3, 0.4) is 0 Å². The predicted octanol–water partition coefficient (Wildman–Crippen LogP) is 14.4. The van der Waals surface area contributed by atoms with E-state index in [-0.39, 0.29) is 10.8 Å². The molecule has 52 heavy (non-hydrogen) atoms. The Morgan fingerprint density at radius 2 is 0.827 bits per heavy atom. The molecule has 0 spiro atoms. The lowest BCUT2D eigenvalue weighted by atomic mass is 9.84. The number of rotatable bonds is 6. The van der Waals surface area contributed by atoms with Crippen LogP contribution in [0.25, 0.3) is 76.5 Å². The van der Waals surface area contributed by atoms with Gasteiger partial charge in [-0.05, 0) is 112 Å². The molecular weight excluding hydrogens is 648 g/mol. The Morgan fingerprint density at radius 1 is 0.385 bits per heavy atom. The molecule has 0 saturated heterocycles. The molecule has 0 bridgehead atoms. The van der Waals surface area contributed by atoms with Gasteiger partial charge in [0, 0.05) is 17.6 Å². The molecule has 0 heterocycles. The lowest BCUT2D eigenvalue weighted by Gasteiger charge is -2.32. The Hall–Kier alpha value is -4.97. The third kappa shape index (κ3) is 6.60. The minimum absolute atomic E-state index is 0.0469. The highest BCUT2D eigenvalue weighted by molar-refractivity contribution is 7.71. The van der Waals surface area contributed by atoms with Crippen LogP contribution in [0, 0.1) is 10.8 Å². The first kappa shape index (κ1) is 34.1. The molecule has 2 heteroatoms. The molecule has 0 aromatic heterocycles. The average Bonchev–Trinajstić information content (AvgIpc) is 3.11. The summed E-state index contributed by atoms with van der Waals surface area (Å²) in [5.74, 6) is 0. The van der Waals surface area contributed by atoms with Gasteiger partial charge in [-0.2, -0.15) is 0 Å². The monoisotopic (exact) mass is 694 g/mol. The lowest BCUT2D eigenvalue weighted by molar-refractivity contribution is 0.439. The van der Waals surface area contributed by atoms with Gasteiger partial charge in [0.1, 0.15) is 7.14 Å². The molecule has 0 aliphatic rings. The maximum Gasteiger partial charge on any atom is 0.116 e. The molecule has 258 valence electrons. The van der Waals surface area contributed by atoms with Crippen LogP contribution in [0.2, 0.25) is 0 Å². The smallest absolute Gasteiger partial charge is 0.116 e. The topological polar surface area (TPSA) is 17.1 Å². The third-order valence-corrected chi connectivity index (χ3v) is 14.3. The maximum atomic E-state index is 15.0. The Kier molecular flexibility index (Phi) is 8.47. The first-order valence-corrected chi connectivity index (χ1v) is 20.6. The summed E-state index contributed by atoms with van der Waals surface area (Å²) in [4.78, 5) is 0. The Labute approximate surface area is 308 Å². The molecule has 8 aromatic carbocycles. The van der Waals surface area contributed by atoms with Gasteiger partial charge in [0.25, 0.3) is 0 Å². The van der Waals surface area contributed by atoms with Crippen molar-refractivity contribution >= 4 is 55.5 Å². The van der Waals surface area contributed by atoms with Gasteiger partial charge >= 0.3 is 0 Å². The fraction of sp³-hybridized carbons (Fsp3) is 0.200. The van der Waals surface area contributed by atoms with Crippen LogP contribution in [0.1, 0.15) is 41.5 Å². The Morgan fingerprint density at radius 3 is 1.37 bits per heavy atom. The van der Waals surface area contributed by atoms with E-state index in [1.807, 2.05) is 0 Å². The quantitative estimate of drug-likeness (QED) is 0.125. The van der Waals surface area contributed by atoms with Crippen LogP contribution in [0.4, 0.5) is 0 Å². The Balaban J connectivity index is 1.40. The molecule has 0 amide bonds. The zero-order chi connectivity index (χ0) is 36.3. The second-order valence-corrected chi connectivity index (χ2v) is 20.0. The number of fused-ring (bicyclic) bond motifs is 4. The summed E-state index contributed by atoms with van der Waals surface area (Å²) in [6, 6.07) is 55.4. The fourth-order valence-electron chi connectivity index (χ4n) is 8.38. The highest BCUT2D eigenvalue weighted by Gasteiger charge is 2.34. The molecule has 1 nitrogen and oxygen atoms in total. The SMILES string of the molecule is CC(C)(C)CP(=O)(CC(C)(C)C)c1cccc(-c2ccc3c(-c4ccc5ccccc5c4)c4ccccc4c(-c4ccc5ccccc5c4)c3c2)c1. The van der Waals surface area contributed by atoms with Crippen molar-refractivity contribution in [2.45, 2.75) is 41.5 Å². The Bertz CT molecular complexity index is 2660. The molecule has 0 atom stereocenters. The van der Waals surface area contributed by atoms with Crippen molar-refractivity contribution in [2.75, 3.05) is 12.3 Å². The first-order valence-electron chi connectivity index (χ1n) is 18.5. The summed E-state index contributed by atoms with van der Waals surface area (Å²) in [5, 5.41) is 10.8. The zero-order valence-electron chi connectivity index (χ0n) is 31.2. The normalized spacial score (nSPS) is 12.7. The molecule has 0 unspecified atom stereocenters. The summed E-state index contributed by atoms with van der Waals surface area (Å²) in [5.41, 5.74) is 7.05. The van der Waals surface area contributed by atoms with E-state index in [1.54, 1.807) is 0 Å². The zero-order valence-corrected chi connectivity index (χ0v) is 32.1. The second kappa shape index (κ2) is 12.9. The summed E-state index contributed by atoms with van der Waals surface area (Å²) in [6.07, 6.45) is 1.37. The van der Waals surface area contributed by atoms with Crippen molar-refractivity contribution in [3.63, 3.8) is 0 Å². The largest absolute Gasteiger partial charge is 0.319 e. The van der Waals surface area contributed by atoms with Gasteiger partial charge in [0.2, 0.25) is 0 Å². The van der Waals surface area contributed by atoms with Gasteiger partial charge in [0.15, 0.2) is 0 Å². The van der Waals surface area contributed by atoms with Crippen LogP contribution in [-0.2, 0) is 4.57 Å².